The van der Waals surface area contributed by atoms with Crippen LogP contribution in [0.5, 0.6) is 0 Å². The first kappa shape index (κ1) is 15.4. The van der Waals surface area contributed by atoms with Crippen LogP contribution in [0.2, 0.25) is 0 Å². The van der Waals surface area contributed by atoms with Crippen LogP contribution in [0, 0.1) is 5.92 Å². The number of rotatable bonds is 4. The van der Waals surface area contributed by atoms with Gasteiger partial charge in [-0.05, 0) is 18.8 Å². The minimum atomic E-state index is -0.931. The summed E-state index contributed by atoms with van der Waals surface area (Å²) in [6, 6.07) is -0.897. The molecule has 114 valence electrons. The normalized spacial score (nSPS) is 33.1. The van der Waals surface area contributed by atoms with Gasteiger partial charge in [-0.1, -0.05) is 13.8 Å². The second-order valence-electron chi connectivity index (χ2n) is 5.70. The zero-order chi connectivity index (χ0) is 14.9. The summed E-state index contributed by atoms with van der Waals surface area (Å²) in [4.78, 5) is 25.2. The summed E-state index contributed by atoms with van der Waals surface area (Å²) in [5, 5.41) is 12.1. The summed E-state index contributed by atoms with van der Waals surface area (Å²) in [5.41, 5.74) is 0. The number of carboxylic acid groups (broad SMARTS) is 1. The fourth-order valence-corrected chi connectivity index (χ4v) is 4.08. The number of urea groups is 1. The predicted molar refractivity (Wildman–Crippen MR) is 76.7 cm³/mol. The van der Waals surface area contributed by atoms with Gasteiger partial charge in [0.15, 0.2) is 0 Å². The van der Waals surface area contributed by atoms with E-state index in [0.29, 0.717) is 5.75 Å². The fraction of sp³-hybridized carbons (Fsp3) is 0.846. The van der Waals surface area contributed by atoms with E-state index in [9.17, 15) is 14.7 Å². The summed E-state index contributed by atoms with van der Waals surface area (Å²) >= 11 is 1.54. The van der Waals surface area contributed by atoms with Crippen LogP contribution in [-0.4, -0.2) is 58.4 Å². The summed E-state index contributed by atoms with van der Waals surface area (Å²) in [6.45, 7) is 4.01. The Hall–Kier alpha value is -0.950. The first-order chi connectivity index (χ1) is 9.43. The smallest absolute Gasteiger partial charge is 0.327 e. The molecule has 6 nitrogen and oxygen atoms in total. The summed E-state index contributed by atoms with van der Waals surface area (Å²) in [7, 11) is 1.66. The Morgan fingerprint density at radius 3 is 2.55 bits per heavy atom. The molecule has 0 aromatic heterocycles. The molecular weight excluding hydrogens is 280 g/mol. The van der Waals surface area contributed by atoms with Crippen molar-refractivity contribution in [3.8, 4) is 0 Å². The Bertz CT molecular complexity index is 385. The van der Waals surface area contributed by atoms with Crippen molar-refractivity contribution < 1.29 is 19.4 Å². The molecular formula is C13H22N2O4S. The van der Waals surface area contributed by atoms with Gasteiger partial charge in [-0.3, -0.25) is 4.90 Å². The third kappa shape index (κ3) is 3.03. The van der Waals surface area contributed by atoms with Crippen LogP contribution in [0.4, 0.5) is 4.79 Å². The zero-order valence-electron chi connectivity index (χ0n) is 12.0. The number of nitrogens with zero attached hydrogens (tertiary/aromatic N) is 1. The van der Waals surface area contributed by atoms with Gasteiger partial charge in [0.25, 0.3) is 0 Å². The van der Waals surface area contributed by atoms with Crippen LogP contribution in [0.25, 0.3) is 0 Å². The van der Waals surface area contributed by atoms with E-state index in [2.05, 4.69) is 5.32 Å². The zero-order valence-corrected chi connectivity index (χ0v) is 12.9. The highest BCUT2D eigenvalue weighted by atomic mass is 32.2. The van der Waals surface area contributed by atoms with E-state index in [1.807, 2.05) is 13.8 Å². The molecule has 0 aromatic carbocycles. The van der Waals surface area contributed by atoms with Gasteiger partial charge >= 0.3 is 12.0 Å². The van der Waals surface area contributed by atoms with Crippen LogP contribution in [0.1, 0.15) is 26.7 Å². The molecule has 2 atom stereocenters. The van der Waals surface area contributed by atoms with Crippen LogP contribution >= 0.6 is 11.8 Å². The van der Waals surface area contributed by atoms with Gasteiger partial charge in [0, 0.05) is 18.9 Å². The van der Waals surface area contributed by atoms with Crippen LogP contribution in [-0.2, 0) is 9.53 Å². The van der Waals surface area contributed by atoms with Crippen molar-refractivity contribution in [3.63, 3.8) is 0 Å². The van der Waals surface area contributed by atoms with Crippen molar-refractivity contribution in [1.29, 1.82) is 0 Å². The Kier molecular flexibility index (Phi) is 4.80. The van der Waals surface area contributed by atoms with E-state index < -0.39 is 12.0 Å². The molecule has 2 N–H and O–H groups in total. The lowest BCUT2D eigenvalue weighted by molar-refractivity contribution is -0.141. The average Bonchev–Trinajstić information content (AvgIpc) is 2.77. The topological polar surface area (TPSA) is 78.9 Å². The van der Waals surface area contributed by atoms with Crippen molar-refractivity contribution in [2.24, 2.45) is 5.92 Å². The summed E-state index contributed by atoms with van der Waals surface area (Å²) in [6.07, 6.45) is 1.81. The van der Waals surface area contributed by atoms with Crippen molar-refractivity contribution in [2.75, 3.05) is 12.9 Å². The second-order valence-corrected chi connectivity index (χ2v) is 6.85. The molecule has 20 heavy (non-hydrogen) atoms. The molecule has 0 aromatic rings. The number of carbonyl (C=O) groups is 2. The number of thioether (sulfide) groups is 1. The van der Waals surface area contributed by atoms with Crippen LogP contribution in [0.15, 0.2) is 0 Å². The fourth-order valence-electron chi connectivity index (χ4n) is 2.61. The van der Waals surface area contributed by atoms with E-state index in [1.54, 1.807) is 18.9 Å². The first-order valence-electron chi connectivity index (χ1n) is 6.90. The van der Waals surface area contributed by atoms with Crippen molar-refractivity contribution in [2.45, 2.75) is 50.3 Å². The maximum Gasteiger partial charge on any atom is 0.327 e. The van der Waals surface area contributed by atoms with Crippen LogP contribution in [0.3, 0.4) is 0 Å². The molecule has 2 amide bonds. The number of hydrogen-bond acceptors (Lipinski definition) is 4. The minimum Gasteiger partial charge on any atom is -0.480 e. The highest BCUT2D eigenvalue weighted by molar-refractivity contribution is 8.00. The van der Waals surface area contributed by atoms with Gasteiger partial charge in [-0.25, -0.2) is 9.59 Å². The standard InChI is InChI=1S/C13H22N2O4S/c1-7(2)11-15(10(6-20-11)12(16)17)13(18)14-8-4-9(5-8)19-3/h7-11H,4-6H2,1-3H3,(H,14,18)(H,16,17). The minimum absolute atomic E-state index is 0.0746. The highest BCUT2D eigenvalue weighted by Gasteiger charge is 2.44. The van der Waals surface area contributed by atoms with Gasteiger partial charge in [-0.15, -0.1) is 11.8 Å². The number of hydrogen-bond donors (Lipinski definition) is 2. The average molecular weight is 302 g/mol. The quantitative estimate of drug-likeness (QED) is 0.820. The summed E-state index contributed by atoms with van der Waals surface area (Å²) < 4.78 is 5.18. The van der Waals surface area contributed by atoms with Gasteiger partial charge in [0.2, 0.25) is 0 Å². The highest BCUT2D eigenvalue weighted by Crippen LogP contribution is 2.34. The van der Waals surface area contributed by atoms with E-state index in [-0.39, 0.29) is 29.5 Å². The van der Waals surface area contributed by atoms with E-state index in [0.717, 1.165) is 12.8 Å². The molecule has 1 aliphatic heterocycles. The third-order valence-electron chi connectivity index (χ3n) is 3.88. The number of ether oxygens (including phenoxy) is 1. The predicted octanol–water partition coefficient (Wildman–Crippen LogP) is 1.36. The van der Waals surface area contributed by atoms with Crippen molar-refractivity contribution in [1.82, 2.24) is 10.2 Å². The Morgan fingerprint density at radius 1 is 1.40 bits per heavy atom. The lowest BCUT2D eigenvalue weighted by atomic mass is 9.89. The SMILES string of the molecule is COC1CC(NC(=O)N2C(C(=O)O)CSC2C(C)C)C1. The molecule has 1 heterocycles. The molecule has 0 radical (unpaired) electrons. The first-order valence-corrected chi connectivity index (χ1v) is 7.95. The maximum atomic E-state index is 12.4. The summed E-state index contributed by atoms with van der Waals surface area (Å²) in [5.74, 6) is -0.251. The van der Waals surface area contributed by atoms with E-state index in [4.69, 9.17) is 4.74 Å². The molecule has 2 aliphatic rings. The van der Waals surface area contributed by atoms with Crippen molar-refractivity contribution in [3.05, 3.63) is 0 Å². The molecule has 1 aliphatic carbocycles. The Labute approximate surface area is 123 Å². The molecule has 1 saturated carbocycles. The molecule has 0 spiro atoms. The number of carboxylic acids is 1. The van der Waals surface area contributed by atoms with Gasteiger partial charge in [0.1, 0.15) is 6.04 Å². The lowest BCUT2D eigenvalue weighted by Crippen LogP contribution is -2.56. The van der Waals surface area contributed by atoms with E-state index in [1.165, 1.54) is 4.90 Å². The maximum absolute atomic E-state index is 12.4. The van der Waals surface area contributed by atoms with Gasteiger partial charge in [0.05, 0.1) is 11.5 Å². The third-order valence-corrected chi connectivity index (χ3v) is 5.50. The van der Waals surface area contributed by atoms with Gasteiger partial charge in [-0.2, -0.15) is 0 Å². The van der Waals surface area contributed by atoms with Crippen LogP contribution < -0.4 is 5.32 Å². The monoisotopic (exact) mass is 302 g/mol. The number of aliphatic carboxylic acids is 1. The Balaban J connectivity index is 1.98. The van der Waals surface area contributed by atoms with Crippen molar-refractivity contribution >= 4 is 23.8 Å². The number of carbonyl (C=O) groups excluding carboxylic acids is 1. The molecule has 7 heteroatoms. The Morgan fingerprint density at radius 2 is 2.05 bits per heavy atom. The number of nitrogens with one attached hydrogen (secondary N) is 1. The molecule has 1 saturated heterocycles. The van der Waals surface area contributed by atoms with E-state index >= 15 is 0 Å². The lowest BCUT2D eigenvalue weighted by Gasteiger charge is -2.37. The second kappa shape index (κ2) is 6.22. The largest absolute Gasteiger partial charge is 0.480 e. The van der Waals surface area contributed by atoms with Gasteiger partial charge < -0.3 is 15.2 Å². The number of methoxy groups -OCH3 is 1. The number of amides is 2. The molecule has 2 fully saturated rings. The molecule has 0 bridgehead atoms. The molecule has 2 rings (SSSR count). The molecule has 2 unspecified atom stereocenters.